The highest BCUT2D eigenvalue weighted by Gasteiger charge is 2.28. The first-order valence-electron chi connectivity index (χ1n) is 6.18. The molecular weight excluding hydrogens is 280 g/mol. The number of rotatable bonds is 3. The van der Waals surface area contributed by atoms with Gasteiger partial charge in [-0.2, -0.15) is 0 Å². The average molecular weight is 293 g/mol. The molecule has 1 aromatic heterocycles. The summed E-state index contributed by atoms with van der Waals surface area (Å²) in [5, 5.41) is 4.56. The Morgan fingerprint density at radius 1 is 1.47 bits per heavy atom. The summed E-state index contributed by atoms with van der Waals surface area (Å²) < 4.78 is 0. The predicted octanol–water partition coefficient (Wildman–Crippen LogP) is 4.23. The van der Waals surface area contributed by atoms with E-state index >= 15 is 0 Å². The Hall–Kier alpha value is -1.39. The van der Waals surface area contributed by atoms with Gasteiger partial charge in [-0.05, 0) is 38.0 Å². The third kappa shape index (κ3) is 2.80. The Labute approximate surface area is 120 Å². The number of aryl methyl sites for hydroxylation is 1. The second-order valence-corrected chi connectivity index (χ2v) is 6.17. The zero-order chi connectivity index (χ0) is 13.4. The van der Waals surface area contributed by atoms with E-state index in [1.54, 1.807) is 12.1 Å². The van der Waals surface area contributed by atoms with Crippen LogP contribution in [0.2, 0.25) is 5.02 Å². The SMILES string of the molecule is Cc1nc(C2CC2)sc1C(=O)Nc1cccc(Cl)c1. The minimum atomic E-state index is -0.107. The van der Waals surface area contributed by atoms with Crippen LogP contribution in [0.5, 0.6) is 0 Å². The number of carbonyl (C=O) groups is 1. The van der Waals surface area contributed by atoms with Crippen molar-refractivity contribution < 1.29 is 4.79 Å². The average Bonchev–Trinajstić information content (AvgIpc) is 3.13. The molecule has 0 aliphatic heterocycles. The van der Waals surface area contributed by atoms with Gasteiger partial charge < -0.3 is 5.32 Å². The van der Waals surface area contributed by atoms with Crippen molar-refractivity contribution in [3.63, 3.8) is 0 Å². The minimum Gasteiger partial charge on any atom is -0.321 e. The van der Waals surface area contributed by atoms with Gasteiger partial charge in [0.15, 0.2) is 0 Å². The third-order valence-electron chi connectivity index (χ3n) is 3.03. The largest absolute Gasteiger partial charge is 0.321 e. The maximum Gasteiger partial charge on any atom is 0.267 e. The zero-order valence-corrected chi connectivity index (χ0v) is 12.0. The van der Waals surface area contributed by atoms with E-state index in [1.165, 1.54) is 24.2 Å². The summed E-state index contributed by atoms with van der Waals surface area (Å²) in [6.07, 6.45) is 2.39. The second-order valence-electron chi connectivity index (χ2n) is 4.71. The molecule has 2 aromatic rings. The molecule has 98 valence electrons. The van der Waals surface area contributed by atoms with Gasteiger partial charge in [-0.1, -0.05) is 17.7 Å². The van der Waals surface area contributed by atoms with E-state index in [4.69, 9.17) is 11.6 Å². The predicted molar refractivity (Wildman–Crippen MR) is 78.2 cm³/mol. The van der Waals surface area contributed by atoms with Crippen molar-refractivity contribution in [1.82, 2.24) is 4.98 Å². The van der Waals surface area contributed by atoms with Crippen molar-refractivity contribution in [3.05, 3.63) is 44.9 Å². The van der Waals surface area contributed by atoms with Crippen molar-refractivity contribution >= 4 is 34.5 Å². The van der Waals surface area contributed by atoms with Gasteiger partial charge in [-0.15, -0.1) is 11.3 Å². The molecule has 1 aliphatic rings. The molecule has 0 radical (unpaired) electrons. The van der Waals surface area contributed by atoms with Crippen LogP contribution in [-0.2, 0) is 0 Å². The fourth-order valence-corrected chi connectivity index (χ4v) is 3.21. The van der Waals surface area contributed by atoms with Gasteiger partial charge in [0.25, 0.3) is 5.91 Å². The molecule has 0 unspecified atom stereocenters. The maximum atomic E-state index is 12.2. The van der Waals surface area contributed by atoms with Crippen LogP contribution in [0.1, 0.15) is 39.1 Å². The Balaban J connectivity index is 1.80. The smallest absolute Gasteiger partial charge is 0.267 e. The lowest BCUT2D eigenvalue weighted by molar-refractivity contribution is 0.103. The maximum absolute atomic E-state index is 12.2. The van der Waals surface area contributed by atoms with Gasteiger partial charge in [0, 0.05) is 16.6 Å². The summed E-state index contributed by atoms with van der Waals surface area (Å²) in [5.74, 6) is 0.473. The van der Waals surface area contributed by atoms with E-state index in [2.05, 4.69) is 10.3 Å². The van der Waals surface area contributed by atoms with Crippen molar-refractivity contribution in [2.75, 3.05) is 5.32 Å². The number of benzene rings is 1. The number of halogens is 1. The van der Waals surface area contributed by atoms with Crippen LogP contribution in [0.3, 0.4) is 0 Å². The molecule has 3 nitrogen and oxygen atoms in total. The molecule has 1 heterocycles. The summed E-state index contributed by atoms with van der Waals surface area (Å²) in [6, 6.07) is 7.15. The first kappa shape index (κ1) is 12.6. The van der Waals surface area contributed by atoms with Crippen molar-refractivity contribution in [2.24, 2.45) is 0 Å². The third-order valence-corrected chi connectivity index (χ3v) is 4.58. The van der Waals surface area contributed by atoms with Gasteiger partial charge >= 0.3 is 0 Å². The van der Waals surface area contributed by atoms with Crippen LogP contribution in [-0.4, -0.2) is 10.9 Å². The van der Waals surface area contributed by atoms with Crippen LogP contribution in [0, 0.1) is 6.92 Å². The molecule has 5 heteroatoms. The molecule has 19 heavy (non-hydrogen) atoms. The topological polar surface area (TPSA) is 42.0 Å². The molecule has 1 aliphatic carbocycles. The van der Waals surface area contributed by atoms with E-state index in [0.717, 1.165) is 10.7 Å². The van der Waals surface area contributed by atoms with Gasteiger partial charge in [-0.25, -0.2) is 4.98 Å². The number of nitrogens with one attached hydrogen (secondary N) is 1. The Morgan fingerprint density at radius 3 is 2.95 bits per heavy atom. The van der Waals surface area contributed by atoms with Gasteiger partial charge in [-0.3, -0.25) is 4.79 Å². The zero-order valence-electron chi connectivity index (χ0n) is 10.4. The molecule has 1 fully saturated rings. The fraction of sp³-hybridized carbons (Fsp3) is 0.286. The number of hydrogen-bond donors (Lipinski definition) is 1. The Kier molecular flexibility index (Phi) is 3.29. The summed E-state index contributed by atoms with van der Waals surface area (Å²) in [7, 11) is 0. The number of thiazole rings is 1. The number of hydrogen-bond acceptors (Lipinski definition) is 3. The van der Waals surface area contributed by atoms with Crippen molar-refractivity contribution in [3.8, 4) is 0 Å². The van der Waals surface area contributed by atoms with E-state index in [-0.39, 0.29) is 5.91 Å². The van der Waals surface area contributed by atoms with Crippen LogP contribution in [0.15, 0.2) is 24.3 Å². The molecule has 1 saturated carbocycles. The van der Waals surface area contributed by atoms with Gasteiger partial charge in [0.2, 0.25) is 0 Å². The van der Waals surface area contributed by atoms with Crippen LogP contribution in [0.25, 0.3) is 0 Å². The molecular formula is C14H13ClN2OS. The summed E-state index contributed by atoms with van der Waals surface area (Å²) in [5.41, 5.74) is 1.52. The highest BCUT2D eigenvalue weighted by atomic mass is 35.5. The number of carbonyl (C=O) groups excluding carboxylic acids is 1. The van der Waals surface area contributed by atoms with Crippen LogP contribution >= 0.6 is 22.9 Å². The molecule has 1 amide bonds. The van der Waals surface area contributed by atoms with E-state index in [9.17, 15) is 4.79 Å². The highest BCUT2D eigenvalue weighted by molar-refractivity contribution is 7.14. The molecule has 0 spiro atoms. The fourth-order valence-electron chi connectivity index (χ4n) is 1.89. The van der Waals surface area contributed by atoms with Crippen LogP contribution < -0.4 is 5.32 Å². The normalized spacial score (nSPS) is 14.4. The Bertz CT molecular complexity index is 634. The lowest BCUT2D eigenvalue weighted by Gasteiger charge is -2.04. The first-order valence-corrected chi connectivity index (χ1v) is 7.37. The first-order chi connectivity index (χ1) is 9.13. The van der Waals surface area contributed by atoms with E-state index < -0.39 is 0 Å². The van der Waals surface area contributed by atoms with Gasteiger partial charge in [0.1, 0.15) is 4.88 Å². The lowest BCUT2D eigenvalue weighted by atomic mass is 10.3. The number of aromatic nitrogens is 1. The monoisotopic (exact) mass is 292 g/mol. The Morgan fingerprint density at radius 2 is 2.26 bits per heavy atom. The standard InChI is InChI=1S/C14H13ClN2OS/c1-8-12(19-14(16-8)9-5-6-9)13(18)17-11-4-2-3-10(15)7-11/h2-4,7,9H,5-6H2,1H3,(H,17,18). The van der Waals surface area contributed by atoms with Crippen molar-refractivity contribution in [2.45, 2.75) is 25.7 Å². The summed E-state index contributed by atoms with van der Waals surface area (Å²) >= 11 is 7.40. The quantitative estimate of drug-likeness (QED) is 0.919. The number of anilines is 1. The molecule has 3 rings (SSSR count). The number of amides is 1. The van der Waals surface area contributed by atoms with E-state index in [1.807, 2.05) is 19.1 Å². The molecule has 0 saturated heterocycles. The number of nitrogens with zero attached hydrogens (tertiary/aromatic N) is 1. The van der Waals surface area contributed by atoms with E-state index in [0.29, 0.717) is 21.5 Å². The van der Waals surface area contributed by atoms with Gasteiger partial charge in [0.05, 0.1) is 10.7 Å². The molecule has 0 atom stereocenters. The molecule has 1 N–H and O–H groups in total. The molecule has 0 bridgehead atoms. The van der Waals surface area contributed by atoms with Crippen LogP contribution in [0.4, 0.5) is 5.69 Å². The summed E-state index contributed by atoms with van der Waals surface area (Å²) in [4.78, 5) is 17.4. The minimum absolute atomic E-state index is 0.107. The van der Waals surface area contributed by atoms with Crippen molar-refractivity contribution in [1.29, 1.82) is 0 Å². The second kappa shape index (κ2) is 4.94. The summed E-state index contributed by atoms with van der Waals surface area (Å²) in [6.45, 7) is 1.88. The lowest BCUT2D eigenvalue weighted by Crippen LogP contribution is -2.11. The highest BCUT2D eigenvalue weighted by Crippen LogP contribution is 2.42. The molecule has 1 aromatic carbocycles.